The number of ether oxygens (including phenoxy) is 2. The maximum atomic E-state index is 6.15. The van der Waals surface area contributed by atoms with Crippen LogP contribution in [-0.2, 0) is 4.74 Å². The number of halogens is 1. The van der Waals surface area contributed by atoms with Crippen molar-refractivity contribution in [1.82, 2.24) is 0 Å². The molecule has 0 spiro atoms. The van der Waals surface area contributed by atoms with E-state index in [1.54, 1.807) is 7.11 Å². The summed E-state index contributed by atoms with van der Waals surface area (Å²) in [5.41, 5.74) is 9.06. The molecule has 0 amide bonds. The van der Waals surface area contributed by atoms with Gasteiger partial charge in [0.15, 0.2) is 0 Å². The van der Waals surface area contributed by atoms with Crippen LogP contribution in [0.15, 0.2) is 46.7 Å². The van der Waals surface area contributed by atoms with Crippen LogP contribution in [0.2, 0.25) is 5.02 Å². The number of allylic oxidation sites excluding steroid dienone is 1. The Morgan fingerprint density at radius 1 is 1.33 bits per heavy atom. The molecule has 0 aliphatic carbocycles. The molecule has 1 fully saturated rings. The molecule has 166 valence electrons. The summed E-state index contributed by atoms with van der Waals surface area (Å²) >= 11 is 6.15. The fourth-order valence-electron chi connectivity index (χ4n) is 4.02. The van der Waals surface area contributed by atoms with Gasteiger partial charge in [-0.1, -0.05) is 11.6 Å². The SMILES string of the molecule is C1CCOCC1.COc1cc(Cl)ccc1C1/C(C)=C/N=CCC[N+]1(C)C/C=C(\C)N. The zero-order valence-corrected chi connectivity index (χ0v) is 19.6. The van der Waals surface area contributed by atoms with Gasteiger partial charge in [0.25, 0.3) is 0 Å². The van der Waals surface area contributed by atoms with Crippen molar-refractivity contribution < 1.29 is 14.0 Å². The van der Waals surface area contributed by atoms with Gasteiger partial charge in [0, 0.05) is 48.3 Å². The third kappa shape index (κ3) is 7.15. The van der Waals surface area contributed by atoms with E-state index in [9.17, 15) is 0 Å². The molecule has 1 aromatic rings. The predicted octanol–water partition coefficient (Wildman–Crippen LogP) is 5.26. The van der Waals surface area contributed by atoms with Crippen LogP contribution in [0.4, 0.5) is 0 Å². The van der Waals surface area contributed by atoms with E-state index >= 15 is 0 Å². The highest BCUT2D eigenvalue weighted by molar-refractivity contribution is 6.30. The summed E-state index contributed by atoms with van der Waals surface area (Å²) in [6.07, 6.45) is 10.9. The molecule has 1 aromatic carbocycles. The highest BCUT2D eigenvalue weighted by atomic mass is 35.5. The van der Waals surface area contributed by atoms with Crippen molar-refractivity contribution in [3.8, 4) is 5.75 Å². The number of rotatable bonds is 4. The summed E-state index contributed by atoms with van der Waals surface area (Å²) in [4.78, 5) is 4.42. The Kier molecular flexibility index (Phi) is 9.89. The molecule has 2 aliphatic rings. The smallest absolute Gasteiger partial charge is 0.142 e. The minimum atomic E-state index is 0.130. The molecule has 0 radical (unpaired) electrons. The zero-order chi connectivity index (χ0) is 22.0. The molecule has 6 heteroatoms. The average Bonchev–Trinajstić information content (AvgIpc) is 2.74. The zero-order valence-electron chi connectivity index (χ0n) is 18.9. The lowest BCUT2D eigenvalue weighted by molar-refractivity contribution is -0.928. The molecule has 1 saturated heterocycles. The quantitative estimate of drug-likeness (QED) is 0.657. The summed E-state index contributed by atoms with van der Waals surface area (Å²) in [7, 11) is 3.94. The van der Waals surface area contributed by atoms with Crippen molar-refractivity contribution in [1.29, 1.82) is 0 Å². The molecule has 3 rings (SSSR count). The number of benzene rings is 1. The van der Waals surface area contributed by atoms with Gasteiger partial charge in [0.2, 0.25) is 0 Å². The third-order valence-corrected chi connectivity index (χ3v) is 5.84. The standard InChI is InChI=1S/C19H27ClN3O.C5H10O/c1-14-13-22-9-5-10-23(3,11-8-15(2)21)19(14)17-7-6-16(20)12-18(17)24-4;1-2-4-6-5-3-1/h6-9,12-13,19H,5,10-11,21H2,1-4H3;1-5H2/q+1;/b14-13+,15-8+,22-9?;. The minimum Gasteiger partial charge on any atom is -0.496 e. The Morgan fingerprint density at radius 3 is 2.63 bits per heavy atom. The van der Waals surface area contributed by atoms with Gasteiger partial charge >= 0.3 is 0 Å². The number of quaternary nitrogens is 1. The van der Waals surface area contributed by atoms with Crippen LogP contribution in [0, 0.1) is 0 Å². The lowest BCUT2D eigenvalue weighted by Gasteiger charge is -2.42. The fraction of sp³-hybridized carbons (Fsp3) is 0.542. The van der Waals surface area contributed by atoms with Gasteiger partial charge in [-0.25, -0.2) is 0 Å². The summed E-state index contributed by atoms with van der Waals surface area (Å²) in [6, 6.07) is 5.98. The van der Waals surface area contributed by atoms with Gasteiger partial charge in [-0.2, -0.15) is 0 Å². The number of hydrogen-bond acceptors (Lipinski definition) is 4. The Morgan fingerprint density at radius 2 is 2.07 bits per heavy atom. The van der Waals surface area contributed by atoms with Crippen LogP contribution in [-0.4, -0.2) is 51.2 Å². The second-order valence-electron chi connectivity index (χ2n) is 8.29. The van der Waals surface area contributed by atoms with E-state index in [0.717, 1.165) is 54.2 Å². The Labute approximate surface area is 186 Å². The molecule has 30 heavy (non-hydrogen) atoms. The molecule has 0 aromatic heterocycles. The highest BCUT2D eigenvalue weighted by Gasteiger charge is 2.36. The largest absolute Gasteiger partial charge is 0.496 e. The Hall–Kier alpha value is -1.82. The molecule has 0 saturated carbocycles. The van der Waals surface area contributed by atoms with E-state index in [2.05, 4.69) is 31.1 Å². The van der Waals surface area contributed by atoms with Crippen molar-refractivity contribution in [3.05, 3.63) is 52.3 Å². The minimum absolute atomic E-state index is 0.130. The van der Waals surface area contributed by atoms with Crippen LogP contribution in [0.3, 0.4) is 0 Å². The van der Waals surface area contributed by atoms with Gasteiger partial charge in [0.1, 0.15) is 11.8 Å². The molecule has 5 nitrogen and oxygen atoms in total. The van der Waals surface area contributed by atoms with E-state index in [0.29, 0.717) is 5.02 Å². The second-order valence-corrected chi connectivity index (χ2v) is 8.73. The first kappa shape index (κ1) is 24.4. The lowest BCUT2D eigenvalue weighted by Crippen LogP contribution is -2.49. The van der Waals surface area contributed by atoms with Crippen molar-refractivity contribution in [2.45, 2.75) is 45.6 Å². The van der Waals surface area contributed by atoms with Crippen LogP contribution >= 0.6 is 11.6 Å². The van der Waals surface area contributed by atoms with Crippen LogP contribution < -0.4 is 10.5 Å². The monoisotopic (exact) mass is 434 g/mol. The number of methoxy groups -OCH3 is 1. The number of nitrogens with two attached hydrogens (primary N) is 1. The van der Waals surface area contributed by atoms with Gasteiger partial charge < -0.3 is 19.7 Å². The summed E-state index contributed by atoms with van der Waals surface area (Å²) in [5.74, 6) is 0.808. The normalized spacial score (nSPS) is 26.5. The van der Waals surface area contributed by atoms with Crippen LogP contribution in [0.5, 0.6) is 5.75 Å². The summed E-state index contributed by atoms with van der Waals surface area (Å²) < 4.78 is 11.5. The van der Waals surface area contributed by atoms with Crippen LogP contribution in [0.25, 0.3) is 0 Å². The van der Waals surface area contributed by atoms with E-state index in [1.165, 1.54) is 24.8 Å². The van der Waals surface area contributed by atoms with E-state index in [1.807, 2.05) is 31.5 Å². The number of nitrogens with zero attached hydrogens (tertiary/aromatic N) is 2. The molecule has 2 aliphatic heterocycles. The van der Waals surface area contributed by atoms with Crippen molar-refractivity contribution in [3.63, 3.8) is 0 Å². The first-order valence-corrected chi connectivity index (χ1v) is 11.1. The molecule has 2 heterocycles. The van der Waals surface area contributed by atoms with Crippen LogP contribution in [0.1, 0.15) is 51.1 Å². The average molecular weight is 435 g/mol. The maximum Gasteiger partial charge on any atom is 0.142 e. The van der Waals surface area contributed by atoms with Crippen molar-refractivity contribution in [2.75, 3.05) is 40.5 Å². The van der Waals surface area contributed by atoms with Crippen molar-refractivity contribution in [2.24, 2.45) is 10.7 Å². The van der Waals surface area contributed by atoms with E-state index in [4.69, 9.17) is 26.8 Å². The van der Waals surface area contributed by atoms with E-state index in [-0.39, 0.29) is 6.04 Å². The molecule has 2 N–H and O–H groups in total. The van der Waals surface area contributed by atoms with Crippen molar-refractivity contribution >= 4 is 17.8 Å². The molecule has 0 bridgehead atoms. The number of aliphatic imine (C=N–C) groups is 1. The molecular formula is C24H37ClN3O2+. The third-order valence-electron chi connectivity index (χ3n) is 5.61. The van der Waals surface area contributed by atoms with E-state index < -0.39 is 0 Å². The molecular weight excluding hydrogens is 398 g/mol. The fourth-order valence-corrected chi connectivity index (χ4v) is 4.18. The number of hydrogen-bond donors (Lipinski definition) is 1. The van der Waals surface area contributed by atoms with Gasteiger partial charge in [-0.15, -0.1) is 0 Å². The predicted molar refractivity (Wildman–Crippen MR) is 126 cm³/mol. The summed E-state index contributed by atoms with van der Waals surface area (Å²) in [6.45, 7) is 7.86. The first-order valence-electron chi connectivity index (χ1n) is 10.7. The van der Waals surface area contributed by atoms with Gasteiger partial charge in [0.05, 0.1) is 32.8 Å². The van der Waals surface area contributed by atoms with Gasteiger partial charge in [-0.3, -0.25) is 4.99 Å². The first-order chi connectivity index (χ1) is 14.4. The lowest BCUT2D eigenvalue weighted by atomic mass is 9.94. The maximum absolute atomic E-state index is 6.15. The Bertz CT molecular complexity index is 756. The van der Waals surface area contributed by atoms with Gasteiger partial charge in [-0.05, 0) is 57.4 Å². The summed E-state index contributed by atoms with van der Waals surface area (Å²) in [5, 5.41) is 0.674. The number of likely N-dealkylation sites (N-methyl/N-ethyl adjacent to an activating group) is 1. The topological polar surface area (TPSA) is 56.8 Å². The second kappa shape index (κ2) is 12.1. The molecule has 2 unspecified atom stereocenters. The Balaban J connectivity index is 0.000000456. The highest BCUT2D eigenvalue weighted by Crippen LogP contribution is 2.40. The molecule has 2 atom stereocenters.